The van der Waals surface area contributed by atoms with Gasteiger partial charge in [-0.25, -0.2) is 9.99 Å². The van der Waals surface area contributed by atoms with Gasteiger partial charge in [-0.3, -0.25) is 9.59 Å². The van der Waals surface area contributed by atoms with Crippen LogP contribution in [-0.4, -0.2) is 40.2 Å². The lowest BCUT2D eigenvalue weighted by Gasteiger charge is -2.11. The van der Waals surface area contributed by atoms with Crippen molar-refractivity contribution < 1.29 is 14.3 Å². The maximum atomic E-state index is 12.3. The van der Waals surface area contributed by atoms with Crippen molar-refractivity contribution >= 4 is 17.5 Å². The van der Waals surface area contributed by atoms with Crippen LogP contribution in [0.5, 0.6) is 5.88 Å². The molecule has 0 radical (unpaired) electrons. The lowest BCUT2D eigenvalue weighted by molar-refractivity contribution is -0.133. The second kappa shape index (κ2) is 9.82. The fourth-order valence-corrected chi connectivity index (χ4v) is 2.94. The summed E-state index contributed by atoms with van der Waals surface area (Å²) in [6.07, 6.45) is 2.73. The van der Waals surface area contributed by atoms with Gasteiger partial charge in [-0.15, -0.1) is 0 Å². The number of hydrazone groups is 1. The second-order valence-corrected chi connectivity index (χ2v) is 7.13. The summed E-state index contributed by atoms with van der Waals surface area (Å²) in [5, 5.41) is 8.69. The largest absolute Gasteiger partial charge is 0.475 e. The van der Waals surface area contributed by atoms with Crippen molar-refractivity contribution in [1.29, 1.82) is 0 Å². The topological polar surface area (TPSA) is 83.9 Å². The van der Waals surface area contributed by atoms with Crippen LogP contribution in [0.2, 0.25) is 0 Å². The van der Waals surface area contributed by atoms with Gasteiger partial charge in [0.15, 0.2) is 0 Å². The molecule has 0 atom stereocenters. The molecule has 1 aromatic carbocycles. The van der Waals surface area contributed by atoms with Crippen LogP contribution in [0.25, 0.3) is 0 Å². The second-order valence-electron chi connectivity index (χ2n) is 7.13. The molecule has 0 aliphatic carbocycles. The zero-order valence-electron chi connectivity index (χ0n) is 16.8. The SMILES string of the molecule is CC(C)Oc1ccc(CNC(=O)CCC(=O)N2CCC(c3ccccc3)=N2)cn1. The Morgan fingerprint density at radius 2 is 1.93 bits per heavy atom. The predicted molar refractivity (Wildman–Crippen MR) is 110 cm³/mol. The average molecular weight is 394 g/mol. The van der Waals surface area contributed by atoms with Gasteiger partial charge in [0.05, 0.1) is 18.4 Å². The summed E-state index contributed by atoms with van der Waals surface area (Å²) < 4.78 is 5.49. The molecule has 0 saturated heterocycles. The van der Waals surface area contributed by atoms with Crippen LogP contribution in [0.1, 0.15) is 44.2 Å². The van der Waals surface area contributed by atoms with E-state index in [0.717, 1.165) is 23.3 Å². The lowest BCUT2D eigenvalue weighted by Crippen LogP contribution is -2.27. The molecule has 2 aromatic rings. The molecule has 29 heavy (non-hydrogen) atoms. The smallest absolute Gasteiger partial charge is 0.243 e. The maximum Gasteiger partial charge on any atom is 0.243 e. The van der Waals surface area contributed by atoms with Gasteiger partial charge >= 0.3 is 0 Å². The third-order valence-corrected chi connectivity index (χ3v) is 4.41. The summed E-state index contributed by atoms with van der Waals surface area (Å²) >= 11 is 0. The highest BCUT2D eigenvalue weighted by molar-refractivity contribution is 6.02. The Balaban J connectivity index is 1.41. The van der Waals surface area contributed by atoms with Crippen molar-refractivity contribution in [3.8, 4) is 5.88 Å². The summed E-state index contributed by atoms with van der Waals surface area (Å²) in [6, 6.07) is 13.5. The van der Waals surface area contributed by atoms with E-state index in [0.29, 0.717) is 19.0 Å². The molecule has 7 nitrogen and oxygen atoms in total. The molecule has 2 amide bonds. The molecule has 0 bridgehead atoms. The van der Waals surface area contributed by atoms with Gasteiger partial charge in [0.1, 0.15) is 0 Å². The van der Waals surface area contributed by atoms with Gasteiger partial charge in [0.25, 0.3) is 0 Å². The lowest BCUT2D eigenvalue weighted by atomic mass is 10.1. The Morgan fingerprint density at radius 1 is 1.14 bits per heavy atom. The molecule has 1 N–H and O–H groups in total. The number of ether oxygens (including phenoxy) is 1. The van der Waals surface area contributed by atoms with Gasteiger partial charge in [0, 0.05) is 38.1 Å². The summed E-state index contributed by atoms with van der Waals surface area (Å²) in [7, 11) is 0. The highest BCUT2D eigenvalue weighted by atomic mass is 16.5. The molecule has 152 valence electrons. The Bertz CT molecular complexity index is 863. The molecule has 0 saturated carbocycles. The molecular formula is C22H26N4O3. The van der Waals surface area contributed by atoms with Crippen LogP contribution in [0.4, 0.5) is 0 Å². The van der Waals surface area contributed by atoms with Gasteiger partial charge in [-0.1, -0.05) is 36.4 Å². The first-order valence-corrected chi connectivity index (χ1v) is 9.83. The zero-order valence-corrected chi connectivity index (χ0v) is 16.8. The summed E-state index contributed by atoms with van der Waals surface area (Å²) in [4.78, 5) is 28.6. The van der Waals surface area contributed by atoms with E-state index in [1.165, 1.54) is 5.01 Å². The minimum absolute atomic E-state index is 0.0642. The number of nitrogens with zero attached hydrogens (tertiary/aromatic N) is 3. The van der Waals surface area contributed by atoms with Crippen LogP contribution in [0.15, 0.2) is 53.8 Å². The summed E-state index contributed by atoms with van der Waals surface area (Å²) in [5.41, 5.74) is 2.80. The van der Waals surface area contributed by atoms with E-state index in [2.05, 4.69) is 15.4 Å². The highest BCUT2D eigenvalue weighted by Crippen LogP contribution is 2.15. The van der Waals surface area contributed by atoms with Crippen LogP contribution in [0.3, 0.4) is 0 Å². The minimum Gasteiger partial charge on any atom is -0.475 e. The first-order valence-electron chi connectivity index (χ1n) is 9.83. The van der Waals surface area contributed by atoms with Crippen molar-refractivity contribution in [2.45, 2.75) is 45.8 Å². The van der Waals surface area contributed by atoms with Crippen LogP contribution < -0.4 is 10.1 Å². The Labute approximate surface area is 170 Å². The molecule has 1 aromatic heterocycles. The van der Waals surface area contributed by atoms with E-state index < -0.39 is 0 Å². The van der Waals surface area contributed by atoms with E-state index >= 15 is 0 Å². The van der Waals surface area contributed by atoms with Crippen molar-refractivity contribution in [2.75, 3.05) is 6.54 Å². The van der Waals surface area contributed by atoms with E-state index in [1.54, 1.807) is 12.3 Å². The summed E-state index contributed by atoms with van der Waals surface area (Å²) in [6.45, 7) is 4.79. The Kier molecular flexibility index (Phi) is 6.94. The number of amides is 2. The van der Waals surface area contributed by atoms with Crippen molar-refractivity contribution in [1.82, 2.24) is 15.3 Å². The molecule has 0 spiro atoms. The number of rotatable bonds is 8. The molecular weight excluding hydrogens is 368 g/mol. The zero-order chi connectivity index (χ0) is 20.6. The number of hydrogen-bond donors (Lipinski definition) is 1. The average Bonchev–Trinajstić information content (AvgIpc) is 3.22. The monoisotopic (exact) mass is 394 g/mol. The fraction of sp³-hybridized carbons (Fsp3) is 0.364. The highest BCUT2D eigenvalue weighted by Gasteiger charge is 2.21. The Hall–Kier alpha value is -3.22. The van der Waals surface area contributed by atoms with Crippen LogP contribution in [-0.2, 0) is 16.1 Å². The van der Waals surface area contributed by atoms with Crippen LogP contribution in [0, 0.1) is 0 Å². The molecule has 1 aliphatic heterocycles. The number of aromatic nitrogens is 1. The molecule has 2 heterocycles. The third-order valence-electron chi connectivity index (χ3n) is 4.41. The van der Waals surface area contributed by atoms with E-state index in [-0.39, 0.29) is 30.8 Å². The number of carbonyl (C=O) groups excluding carboxylic acids is 2. The fourth-order valence-electron chi connectivity index (χ4n) is 2.94. The normalized spacial score (nSPS) is 13.3. The molecule has 7 heteroatoms. The van der Waals surface area contributed by atoms with Gasteiger partial charge in [0.2, 0.25) is 17.7 Å². The van der Waals surface area contributed by atoms with E-state index in [1.807, 2.05) is 50.2 Å². The molecule has 3 rings (SSSR count). The van der Waals surface area contributed by atoms with Crippen molar-refractivity contribution in [2.24, 2.45) is 5.10 Å². The van der Waals surface area contributed by atoms with Gasteiger partial charge in [-0.05, 0) is 25.0 Å². The van der Waals surface area contributed by atoms with Crippen molar-refractivity contribution in [3.63, 3.8) is 0 Å². The first-order chi connectivity index (χ1) is 14.0. The minimum atomic E-state index is -0.174. The standard InChI is InChI=1S/C22H26N4O3/c1-16(2)29-21-10-8-17(15-24-21)14-23-20(27)9-11-22(28)26-13-12-19(25-26)18-6-4-3-5-7-18/h3-8,10,15-16H,9,11-14H2,1-2H3,(H,23,27). The van der Waals surface area contributed by atoms with E-state index in [4.69, 9.17) is 4.74 Å². The third kappa shape index (κ3) is 6.14. The number of carbonyl (C=O) groups is 2. The quantitative estimate of drug-likeness (QED) is 0.746. The number of pyridine rings is 1. The first kappa shape index (κ1) is 20.5. The van der Waals surface area contributed by atoms with Gasteiger partial charge < -0.3 is 10.1 Å². The van der Waals surface area contributed by atoms with E-state index in [9.17, 15) is 9.59 Å². The maximum absolute atomic E-state index is 12.3. The predicted octanol–water partition coefficient (Wildman–Crippen LogP) is 2.90. The number of benzene rings is 1. The summed E-state index contributed by atoms with van der Waals surface area (Å²) in [5.74, 6) is 0.247. The number of nitrogens with one attached hydrogen (secondary N) is 1. The van der Waals surface area contributed by atoms with Crippen molar-refractivity contribution in [3.05, 3.63) is 59.8 Å². The Morgan fingerprint density at radius 3 is 2.62 bits per heavy atom. The molecule has 0 unspecified atom stereocenters. The van der Waals surface area contributed by atoms with Gasteiger partial charge in [-0.2, -0.15) is 5.10 Å². The molecule has 0 fully saturated rings. The van der Waals surface area contributed by atoms with Crippen LogP contribution >= 0.6 is 0 Å². The molecule has 1 aliphatic rings. The number of hydrogen-bond acceptors (Lipinski definition) is 5.